The fraction of sp³-hybridized carbons (Fsp3) is 0.407. The molecule has 188 valence electrons. The maximum absolute atomic E-state index is 13.8. The average molecular weight is 492 g/mol. The van der Waals surface area contributed by atoms with E-state index >= 15 is 0 Å². The van der Waals surface area contributed by atoms with Crippen LogP contribution in [0.4, 0.5) is 4.39 Å². The van der Waals surface area contributed by atoms with Gasteiger partial charge in [0.1, 0.15) is 17.6 Å². The summed E-state index contributed by atoms with van der Waals surface area (Å²) in [5.74, 6) is -0.890. The second-order valence-electron chi connectivity index (χ2n) is 9.55. The number of amides is 2. The predicted molar refractivity (Wildman–Crippen MR) is 130 cm³/mol. The third-order valence-electron chi connectivity index (χ3n) is 7.32. The normalized spacial score (nSPS) is 22.0. The van der Waals surface area contributed by atoms with Crippen LogP contribution in [0.15, 0.2) is 61.3 Å². The summed E-state index contributed by atoms with van der Waals surface area (Å²) in [6.07, 6.45) is 10.9. The number of benzene rings is 1. The fourth-order valence-electron chi connectivity index (χ4n) is 5.29. The Labute approximate surface area is 209 Å². The Balaban J connectivity index is 1.40. The summed E-state index contributed by atoms with van der Waals surface area (Å²) >= 11 is 0. The monoisotopic (exact) mass is 491 g/mol. The van der Waals surface area contributed by atoms with E-state index in [0.29, 0.717) is 24.2 Å². The van der Waals surface area contributed by atoms with Crippen LogP contribution in [0, 0.1) is 5.82 Å². The van der Waals surface area contributed by atoms with E-state index in [0.717, 1.165) is 44.3 Å². The summed E-state index contributed by atoms with van der Waals surface area (Å²) < 4.78 is 19.4. The number of rotatable bonds is 8. The standard InChI is InChI=1S/C27H30FN5O3/c28-21-5-1-3-19(15-21)8-13-31-25(34)24(20-4-2-12-29-16-20)33(26(35)23-17-30-18-32-23)22-6-9-27(10-7-22)11-14-36-27/h1-5,12,15-18,22,24H,6-11,13-14H2,(H,30,32)(H,31,34). The van der Waals surface area contributed by atoms with Crippen molar-refractivity contribution < 1.29 is 18.7 Å². The van der Waals surface area contributed by atoms with Gasteiger partial charge in [-0.1, -0.05) is 18.2 Å². The molecule has 3 aromatic rings. The lowest BCUT2D eigenvalue weighted by Crippen LogP contribution is -2.54. The van der Waals surface area contributed by atoms with E-state index in [1.54, 1.807) is 29.4 Å². The molecular formula is C27H30FN5O3. The molecular weight excluding hydrogens is 461 g/mol. The molecule has 2 aromatic heterocycles. The number of imidazole rings is 1. The number of aromatic amines is 1. The van der Waals surface area contributed by atoms with Gasteiger partial charge >= 0.3 is 0 Å². The molecule has 0 radical (unpaired) electrons. The zero-order chi connectivity index (χ0) is 25.0. The van der Waals surface area contributed by atoms with Gasteiger partial charge in [0, 0.05) is 30.5 Å². The number of ether oxygens (including phenoxy) is 1. The minimum Gasteiger partial charge on any atom is -0.375 e. The number of hydrogen-bond donors (Lipinski definition) is 2. The van der Waals surface area contributed by atoms with Gasteiger partial charge in [-0.05, 0) is 62.3 Å². The van der Waals surface area contributed by atoms with Gasteiger partial charge in [-0.2, -0.15) is 0 Å². The van der Waals surface area contributed by atoms with E-state index in [1.807, 2.05) is 12.1 Å². The van der Waals surface area contributed by atoms with Crippen LogP contribution in [-0.4, -0.2) is 56.5 Å². The molecule has 36 heavy (non-hydrogen) atoms. The largest absolute Gasteiger partial charge is 0.375 e. The fourth-order valence-corrected chi connectivity index (χ4v) is 5.29. The molecule has 9 heteroatoms. The zero-order valence-corrected chi connectivity index (χ0v) is 20.0. The van der Waals surface area contributed by atoms with Gasteiger partial charge < -0.3 is 19.9 Å². The third-order valence-corrected chi connectivity index (χ3v) is 7.32. The maximum atomic E-state index is 13.8. The number of pyridine rings is 1. The number of nitrogens with one attached hydrogen (secondary N) is 2. The predicted octanol–water partition coefficient (Wildman–Crippen LogP) is 3.59. The number of halogens is 1. The summed E-state index contributed by atoms with van der Waals surface area (Å²) in [5.41, 5.74) is 1.68. The Morgan fingerprint density at radius 2 is 2.00 bits per heavy atom. The second-order valence-corrected chi connectivity index (χ2v) is 9.55. The summed E-state index contributed by atoms with van der Waals surface area (Å²) in [7, 11) is 0. The highest BCUT2D eigenvalue weighted by Gasteiger charge is 2.46. The molecule has 2 N–H and O–H groups in total. The van der Waals surface area contributed by atoms with Crippen molar-refractivity contribution in [2.24, 2.45) is 0 Å². The lowest BCUT2D eigenvalue weighted by Gasteiger charge is -2.49. The van der Waals surface area contributed by atoms with E-state index < -0.39 is 6.04 Å². The van der Waals surface area contributed by atoms with Crippen molar-refractivity contribution in [2.45, 2.75) is 56.2 Å². The molecule has 1 atom stereocenters. The highest BCUT2D eigenvalue weighted by Crippen LogP contribution is 2.43. The summed E-state index contributed by atoms with van der Waals surface area (Å²) in [5, 5.41) is 2.97. The Morgan fingerprint density at radius 3 is 2.64 bits per heavy atom. The second kappa shape index (κ2) is 10.6. The number of carbonyl (C=O) groups is 2. The van der Waals surface area contributed by atoms with E-state index in [1.165, 1.54) is 24.7 Å². The first-order chi connectivity index (χ1) is 17.5. The molecule has 8 nitrogen and oxygen atoms in total. The van der Waals surface area contributed by atoms with Crippen molar-refractivity contribution in [1.82, 2.24) is 25.2 Å². The summed E-state index contributed by atoms with van der Waals surface area (Å²) in [4.78, 5) is 40.3. The molecule has 3 heterocycles. The van der Waals surface area contributed by atoms with Gasteiger partial charge in [-0.3, -0.25) is 14.6 Å². The minimum absolute atomic E-state index is 0.0732. The van der Waals surface area contributed by atoms with Crippen molar-refractivity contribution in [3.63, 3.8) is 0 Å². The summed E-state index contributed by atoms with van der Waals surface area (Å²) in [6.45, 7) is 1.10. The van der Waals surface area contributed by atoms with E-state index in [9.17, 15) is 14.0 Å². The van der Waals surface area contributed by atoms with Crippen molar-refractivity contribution >= 4 is 11.8 Å². The van der Waals surface area contributed by atoms with Crippen molar-refractivity contribution in [3.05, 3.63) is 84.0 Å². The van der Waals surface area contributed by atoms with Gasteiger partial charge in [-0.25, -0.2) is 9.37 Å². The van der Waals surface area contributed by atoms with Crippen LogP contribution in [0.5, 0.6) is 0 Å². The van der Waals surface area contributed by atoms with Crippen molar-refractivity contribution in [3.8, 4) is 0 Å². The molecule has 0 bridgehead atoms. The molecule has 1 saturated heterocycles. The first kappa shape index (κ1) is 24.1. The van der Waals surface area contributed by atoms with E-state index in [4.69, 9.17) is 4.74 Å². The van der Waals surface area contributed by atoms with E-state index in [2.05, 4.69) is 20.3 Å². The van der Waals surface area contributed by atoms with Crippen molar-refractivity contribution in [2.75, 3.05) is 13.2 Å². The van der Waals surface area contributed by atoms with Crippen LogP contribution in [0.3, 0.4) is 0 Å². The van der Waals surface area contributed by atoms with Gasteiger partial charge in [0.05, 0.1) is 24.7 Å². The molecule has 1 saturated carbocycles. The first-order valence-electron chi connectivity index (χ1n) is 12.4. The topological polar surface area (TPSA) is 100 Å². The molecule has 1 spiro atoms. The van der Waals surface area contributed by atoms with Crippen LogP contribution in [-0.2, 0) is 16.0 Å². The molecule has 2 fully saturated rings. The van der Waals surface area contributed by atoms with Crippen LogP contribution >= 0.6 is 0 Å². The highest BCUT2D eigenvalue weighted by atomic mass is 19.1. The van der Waals surface area contributed by atoms with Gasteiger partial charge in [0.15, 0.2) is 0 Å². The number of carbonyl (C=O) groups excluding carboxylic acids is 2. The van der Waals surface area contributed by atoms with Crippen LogP contribution in [0.1, 0.15) is 59.8 Å². The molecule has 1 aliphatic carbocycles. The third kappa shape index (κ3) is 5.16. The van der Waals surface area contributed by atoms with Crippen LogP contribution in [0.25, 0.3) is 0 Å². The smallest absolute Gasteiger partial charge is 0.273 e. The Kier molecular flexibility index (Phi) is 7.09. The highest BCUT2D eigenvalue weighted by molar-refractivity contribution is 5.96. The van der Waals surface area contributed by atoms with Gasteiger partial charge in [0.25, 0.3) is 5.91 Å². The Hall–Kier alpha value is -3.59. The maximum Gasteiger partial charge on any atom is 0.273 e. The van der Waals surface area contributed by atoms with Gasteiger partial charge in [-0.15, -0.1) is 0 Å². The Bertz CT molecular complexity index is 1170. The van der Waals surface area contributed by atoms with Crippen molar-refractivity contribution in [1.29, 1.82) is 0 Å². The lowest BCUT2D eigenvalue weighted by atomic mass is 9.76. The van der Waals surface area contributed by atoms with Crippen LogP contribution < -0.4 is 5.32 Å². The zero-order valence-electron chi connectivity index (χ0n) is 20.0. The molecule has 1 aromatic carbocycles. The Morgan fingerprint density at radius 1 is 1.17 bits per heavy atom. The summed E-state index contributed by atoms with van der Waals surface area (Å²) in [6, 6.07) is 8.88. The molecule has 1 unspecified atom stereocenters. The molecule has 2 amide bonds. The van der Waals surface area contributed by atoms with Crippen LogP contribution in [0.2, 0.25) is 0 Å². The molecule has 1 aliphatic heterocycles. The number of H-pyrrole nitrogens is 1. The number of hydrogen-bond acceptors (Lipinski definition) is 5. The van der Waals surface area contributed by atoms with Gasteiger partial charge in [0.2, 0.25) is 5.91 Å². The molecule has 2 aliphatic rings. The lowest BCUT2D eigenvalue weighted by molar-refractivity contribution is -0.171. The van der Waals surface area contributed by atoms with E-state index in [-0.39, 0.29) is 29.3 Å². The molecule has 5 rings (SSSR count). The minimum atomic E-state index is -0.872. The average Bonchev–Trinajstić information content (AvgIpc) is 3.42. The number of aromatic nitrogens is 3. The quantitative estimate of drug-likeness (QED) is 0.502. The number of nitrogens with zero attached hydrogens (tertiary/aromatic N) is 3. The SMILES string of the molecule is O=C(NCCc1cccc(F)c1)C(c1cccnc1)N(C(=O)c1cnc[nH]1)C1CCC2(CCO2)CC1. The first-order valence-corrected chi connectivity index (χ1v) is 12.4.